The number of hydrogen-bond acceptors (Lipinski definition) is 5. The Morgan fingerprint density at radius 3 is 2.48 bits per heavy atom. The molecule has 0 spiro atoms. The zero-order chi connectivity index (χ0) is 17.8. The van der Waals surface area contributed by atoms with E-state index in [2.05, 4.69) is 11.2 Å². The average molecular weight is 363 g/mol. The Labute approximate surface area is 152 Å². The first-order valence-corrected chi connectivity index (χ1v) is 9.94. The van der Waals surface area contributed by atoms with Gasteiger partial charge in [0.1, 0.15) is 5.75 Å². The third-order valence-corrected chi connectivity index (χ3v) is 5.99. The molecule has 7 heteroatoms. The largest absolute Gasteiger partial charge is 0.484 e. The number of carbonyl (C=O) groups excluding carboxylic acids is 2. The Morgan fingerprint density at radius 1 is 1.20 bits per heavy atom. The first kappa shape index (κ1) is 18.1. The second-order valence-corrected chi connectivity index (χ2v) is 7.65. The van der Waals surface area contributed by atoms with E-state index in [0.29, 0.717) is 22.6 Å². The molecule has 0 aliphatic carbocycles. The molecule has 1 aromatic carbocycles. The van der Waals surface area contributed by atoms with Crippen molar-refractivity contribution in [1.82, 2.24) is 9.80 Å². The molecule has 0 saturated carbocycles. The molecule has 25 heavy (non-hydrogen) atoms. The molecule has 3 rings (SSSR count). The fraction of sp³-hybridized carbons (Fsp3) is 0.556. The van der Waals surface area contributed by atoms with Gasteiger partial charge in [-0.15, -0.1) is 0 Å². The highest BCUT2D eigenvalue weighted by Gasteiger charge is 2.39. The zero-order valence-electron chi connectivity index (χ0n) is 14.5. The third-order valence-electron chi connectivity index (χ3n) is 4.92. The van der Waals surface area contributed by atoms with E-state index in [-0.39, 0.29) is 12.5 Å². The smallest absolute Gasteiger partial charge is 0.255 e. The molecule has 136 valence electrons. The molecule has 0 radical (unpaired) electrons. The highest BCUT2D eigenvalue weighted by Crippen LogP contribution is 2.29. The molecule has 2 atom stereocenters. The lowest BCUT2D eigenvalue weighted by Gasteiger charge is -2.27. The van der Waals surface area contributed by atoms with Crippen LogP contribution < -0.4 is 10.5 Å². The monoisotopic (exact) mass is 363 g/mol. The number of nitrogens with zero attached hydrogens (tertiary/aromatic N) is 2. The van der Waals surface area contributed by atoms with Gasteiger partial charge in [0.25, 0.3) is 11.8 Å². The average Bonchev–Trinajstić information content (AvgIpc) is 3.28. The number of benzene rings is 1. The van der Waals surface area contributed by atoms with Crippen molar-refractivity contribution in [3.63, 3.8) is 0 Å². The van der Waals surface area contributed by atoms with Crippen molar-refractivity contribution in [2.45, 2.75) is 24.1 Å². The van der Waals surface area contributed by atoms with Crippen molar-refractivity contribution >= 4 is 23.6 Å². The summed E-state index contributed by atoms with van der Waals surface area (Å²) in [5.41, 5.74) is 5.71. The van der Waals surface area contributed by atoms with Gasteiger partial charge in [0.2, 0.25) is 0 Å². The van der Waals surface area contributed by atoms with Crippen LogP contribution in [0.3, 0.4) is 0 Å². The van der Waals surface area contributed by atoms with Gasteiger partial charge < -0.3 is 15.4 Å². The van der Waals surface area contributed by atoms with Gasteiger partial charge in [0.15, 0.2) is 6.61 Å². The zero-order valence-corrected chi connectivity index (χ0v) is 15.3. The number of nitrogens with two attached hydrogens (primary N) is 1. The van der Waals surface area contributed by atoms with Gasteiger partial charge in [-0.3, -0.25) is 14.5 Å². The Balaban J connectivity index is 1.63. The molecule has 2 amide bonds. The topological polar surface area (TPSA) is 75.9 Å². The predicted molar refractivity (Wildman–Crippen MR) is 98.9 cm³/mol. The van der Waals surface area contributed by atoms with Gasteiger partial charge in [-0.1, -0.05) is 0 Å². The number of carbonyl (C=O) groups is 2. The molecule has 2 heterocycles. The van der Waals surface area contributed by atoms with Crippen molar-refractivity contribution in [3.05, 3.63) is 29.8 Å². The highest BCUT2D eigenvalue weighted by atomic mass is 32.2. The minimum atomic E-state index is -0.520. The molecule has 6 nitrogen and oxygen atoms in total. The normalized spacial score (nSPS) is 23.8. The van der Waals surface area contributed by atoms with E-state index in [1.807, 2.05) is 16.7 Å². The summed E-state index contributed by atoms with van der Waals surface area (Å²) in [5, 5.41) is 0.472. The molecule has 2 aliphatic rings. The predicted octanol–water partition coefficient (Wildman–Crippen LogP) is 1.20. The van der Waals surface area contributed by atoms with Crippen LogP contribution in [0, 0.1) is 0 Å². The summed E-state index contributed by atoms with van der Waals surface area (Å²) in [6, 6.07) is 7.36. The quantitative estimate of drug-likeness (QED) is 0.822. The summed E-state index contributed by atoms with van der Waals surface area (Å²) >= 11 is 1.86. The number of likely N-dealkylation sites (tertiary alicyclic amines) is 2. The van der Waals surface area contributed by atoms with Gasteiger partial charge in [0, 0.05) is 29.9 Å². The summed E-state index contributed by atoms with van der Waals surface area (Å²) in [6.45, 7) is 3.73. The fourth-order valence-corrected chi connectivity index (χ4v) is 4.51. The van der Waals surface area contributed by atoms with Crippen LogP contribution in [0.15, 0.2) is 24.3 Å². The lowest BCUT2D eigenvalue weighted by molar-refractivity contribution is -0.119. The van der Waals surface area contributed by atoms with Crippen molar-refractivity contribution < 1.29 is 14.3 Å². The molecule has 0 aromatic heterocycles. The second-order valence-electron chi connectivity index (χ2n) is 6.57. The SMILES string of the molecule is CS[C@H]1CN(C(=O)c2ccc(OCC(N)=O)cc2)C[C@@H]1N1CCCC1. The van der Waals surface area contributed by atoms with E-state index in [9.17, 15) is 9.59 Å². The molecule has 2 saturated heterocycles. The molecule has 0 bridgehead atoms. The van der Waals surface area contributed by atoms with Gasteiger partial charge in [-0.25, -0.2) is 0 Å². The van der Waals surface area contributed by atoms with Crippen LogP contribution >= 0.6 is 11.8 Å². The van der Waals surface area contributed by atoms with E-state index in [0.717, 1.165) is 26.2 Å². The molecule has 0 unspecified atom stereocenters. The van der Waals surface area contributed by atoms with E-state index in [4.69, 9.17) is 10.5 Å². The van der Waals surface area contributed by atoms with Crippen LogP contribution in [-0.4, -0.2) is 71.9 Å². The van der Waals surface area contributed by atoms with E-state index < -0.39 is 5.91 Å². The van der Waals surface area contributed by atoms with E-state index in [1.165, 1.54) is 12.8 Å². The van der Waals surface area contributed by atoms with Crippen LogP contribution in [-0.2, 0) is 4.79 Å². The summed E-state index contributed by atoms with van der Waals surface area (Å²) in [6.07, 6.45) is 4.66. The Hall–Kier alpha value is -1.73. The molecule has 1 aromatic rings. The fourth-order valence-electron chi connectivity index (χ4n) is 3.61. The maximum atomic E-state index is 12.8. The summed E-state index contributed by atoms with van der Waals surface area (Å²) in [5.74, 6) is 0.0733. The standard InChI is InChI=1S/C18H25N3O3S/c1-25-16-11-21(10-15(16)20-8-2-3-9-20)18(23)13-4-6-14(7-5-13)24-12-17(19)22/h4-7,15-16H,2-3,8-12H2,1H3,(H2,19,22)/t15-,16-/m0/s1. The van der Waals surface area contributed by atoms with E-state index in [1.54, 1.807) is 24.3 Å². The van der Waals surface area contributed by atoms with Gasteiger partial charge in [-0.2, -0.15) is 11.8 Å². The van der Waals surface area contributed by atoms with Crippen LogP contribution in [0.25, 0.3) is 0 Å². The summed E-state index contributed by atoms with van der Waals surface area (Å²) in [7, 11) is 0. The molecule has 2 N–H and O–H groups in total. The van der Waals surface area contributed by atoms with Crippen molar-refractivity contribution in [3.8, 4) is 5.75 Å². The minimum absolute atomic E-state index is 0.0576. The lowest BCUT2D eigenvalue weighted by Crippen LogP contribution is -2.40. The van der Waals surface area contributed by atoms with Crippen molar-refractivity contribution in [1.29, 1.82) is 0 Å². The van der Waals surface area contributed by atoms with Gasteiger partial charge in [0.05, 0.1) is 0 Å². The van der Waals surface area contributed by atoms with Crippen LogP contribution in [0.5, 0.6) is 5.75 Å². The molecule has 2 aliphatic heterocycles. The molecular weight excluding hydrogens is 338 g/mol. The second kappa shape index (κ2) is 8.10. The lowest BCUT2D eigenvalue weighted by atomic mass is 10.2. The van der Waals surface area contributed by atoms with Crippen LogP contribution in [0.2, 0.25) is 0 Å². The van der Waals surface area contributed by atoms with Crippen molar-refractivity contribution in [2.75, 3.05) is 39.0 Å². The van der Waals surface area contributed by atoms with Gasteiger partial charge in [-0.05, 0) is 56.5 Å². The number of amides is 2. The minimum Gasteiger partial charge on any atom is -0.484 e. The number of ether oxygens (including phenoxy) is 1. The van der Waals surface area contributed by atoms with Crippen molar-refractivity contribution in [2.24, 2.45) is 5.73 Å². The summed E-state index contributed by atoms with van der Waals surface area (Å²) < 4.78 is 5.24. The third kappa shape index (κ3) is 4.27. The number of rotatable bonds is 6. The number of thioether (sulfide) groups is 1. The summed E-state index contributed by atoms with van der Waals surface area (Å²) in [4.78, 5) is 28.1. The Kier molecular flexibility index (Phi) is 5.86. The molecular formula is C18H25N3O3S. The molecule has 2 fully saturated rings. The maximum absolute atomic E-state index is 12.8. The maximum Gasteiger partial charge on any atom is 0.255 e. The highest BCUT2D eigenvalue weighted by molar-refractivity contribution is 7.99. The first-order chi connectivity index (χ1) is 12.1. The Morgan fingerprint density at radius 2 is 1.88 bits per heavy atom. The number of primary amides is 1. The Bertz CT molecular complexity index is 616. The first-order valence-electron chi connectivity index (χ1n) is 8.66. The van der Waals surface area contributed by atoms with Gasteiger partial charge >= 0.3 is 0 Å². The van der Waals surface area contributed by atoms with E-state index >= 15 is 0 Å². The van der Waals surface area contributed by atoms with Crippen LogP contribution in [0.1, 0.15) is 23.2 Å². The number of hydrogen-bond donors (Lipinski definition) is 1. The van der Waals surface area contributed by atoms with Crippen LogP contribution in [0.4, 0.5) is 0 Å².